The standard InChI is InChI=1S/C16H15FN2O2/c17-12-5-3-11(4-6-12)10-19(13-7-8-13)16(21)14-2-1-9-18-15(14)20/h1-6,9,13H,7-8,10H2,(H,18,20). The second kappa shape index (κ2) is 5.52. The number of pyridine rings is 1. The maximum atomic E-state index is 12.9. The molecule has 1 aromatic carbocycles. The molecule has 1 N–H and O–H groups in total. The number of rotatable bonds is 4. The molecule has 4 nitrogen and oxygen atoms in total. The van der Waals surface area contributed by atoms with Gasteiger partial charge in [0, 0.05) is 18.8 Å². The maximum Gasteiger partial charge on any atom is 0.260 e. The van der Waals surface area contributed by atoms with Gasteiger partial charge in [-0.2, -0.15) is 0 Å². The van der Waals surface area contributed by atoms with Crippen molar-refractivity contribution in [2.75, 3.05) is 0 Å². The van der Waals surface area contributed by atoms with Gasteiger partial charge in [-0.25, -0.2) is 4.39 Å². The van der Waals surface area contributed by atoms with Crippen LogP contribution in [0.2, 0.25) is 0 Å². The Morgan fingerprint density at radius 3 is 2.57 bits per heavy atom. The highest BCUT2D eigenvalue weighted by Crippen LogP contribution is 2.29. The van der Waals surface area contributed by atoms with Crippen LogP contribution < -0.4 is 5.56 Å². The number of nitrogens with one attached hydrogen (secondary N) is 1. The van der Waals surface area contributed by atoms with Crippen molar-refractivity contribution in [3.63, 3.8) is 0 Å². The first-order chi connectivity index (χ1) is 10.1. The Morgan fingerprint density at radius 1 is 1.24 bits per heavy atom. The molecule has 1 heterocycles. The number of nitrogens with zero attached hydrogens (tertiary/aromatic N) is 1. The molecule has 1 aromatic heterocycles. The summed E-state index contributed by atoms with van der Waals surface area (Å²) in [5.41, 5.74) is 0.614. The van der Waals surface area contributed by atoms with Crippen molar-refractivity contribution >= 4 is 5.91 Å². The summed E-state index contributed by atoms with van der Waals surface area (Å²) in [6.07, 6.45) is 3.38. The summed E-state index contributed by atoms with van der Waals surface area (Å²) in [6, 6.07) is 9.40. The Morgan fingerprint density at radius 2 is 1.95 bits per heavy atom. The molecule has 108 valence electrons. The van der Waals surface area contributed by atoms with E-state index in [2.05, 4.69) is 4.98 Å². The first-order valence-corrected chi connectivity index (χ1v) is 6.88. The van der Waals surface area contributed by atoms with Crippen molar-refractivity contribution in [3.8, 4) is 0 Å². The minimum atomic E-state index is -0.382. The minimum Gasteiger partial charge on any atom is -0.331 e. The lowest BCUT2D eigenvalue weighted by Crippen LogP contribution is -2.35. The van der Waals surface area contributed by atoms with Crippen LogP contribution in [-0.2, 0) is 6.54 Å². The highest BCUT2D eigenvalue weighted by atomic mass is 19.1. The van der Waals surface area contributed by atoms with E-state index in [4.69, 9.17) is 0 Å². The number of aromatic amines is 1. The van der Waals surface area contributed by atoms with Gasteiger partial charge in [0.05, 0.1) is 0 Å². The van der Waals surface area contributed by atoms with E-state index in [0.717, 1.165) is 18.4 Å². The van der Waals surface area contributed by atoms with Crippen LogP contribution in [0, 0.1) is 5.82 Å². The molecule has 1 saturated carbocycles. The van der Waals surface area contributed by atoms with Crippen LogP contribution in [0.25, 0.3) is 0 Å². The van der Waals surface area contributed by atoms with Gasteiger partial charge < -0.3 is 9.88 Å². The molecule has 1 aliphatic carbocycles. The highest BCUT2D eigenvalue weighted by molar-refractivity contribution is 5.94. The van der Waals surface area contributed by atoms with Gasteiger partial charge in [0.15, 0.2) is 0 Å². The Kier molecular flexibility index (Phi) is 3.56. The number of H-pyrrole nitrogens is 1. The zero-order chi connectivity index (χ0) is 14.8. The quantitative estimate of drug-likeness (QED) is 0.937. The first-order valence-electron chi connectivity index (χ1n) is 6.88. The number of halogens is 1. The molecule has 0 bridgehead atoms. The topological polar surface area (TPSA) is 53.2 Å². The summed E-state index contributed by atoms with van der Waals surface area (Å²) >= 11 is 0. The van der Waals surface area contributed by atoms with Gasteiger partial charge >= 0.3 is 0 Å². The van der Waals surface area contributed by atoms with E-state index < -0.39 is 0 Å². The molecule has 2 aromatic rings. The van der Waals surface area contributed by atoms with E-state index in [1.54, 1.807) is 23.1 Å². The van der Waals surface area contributed by atoms with Crippen molar-refractivity contribution < 1.29 is 9.18 Å². The number of carbonyl (C=O) groups excluding carboxylic acids is 1. The molecule has 1 aliphatic rings. The Labute approximate surface area is 121 Å². The first kappa shape index (κ1) is 13.5. The van der Waals surface area contributed by atoms with E-state index in [9.17, 15) is 14.0 Å². The molecule has 0 aliphatic heterocycles. The molecule has 0 atom stereocenters. The predicted molar refractivity (Wildman–Crippen MR) is 76.4 cm³/mol. The molecule has 0 radical (unpaired) electrons. The summed E-state index contributed by atoms with van der Waals surface area (Å²) < 4.78 is 12.9. The lowest BCUT2D eigenvalue weighted by Gasteiger charge is -2.22. The number of hydrogen-bond acceptors (Lipinski definition) is 2. The van der Waals surface area contributed by atoms with Crippen molar-refractivity contribution in [1.29, 1.82) is 0 Å². The molecule has 0 spiro atoms. The largest absolute Gasteiger partial charge is 0.331 e. The zero-order valence-corrected chi connectivity index (χ0v) is 11.4. The monoisotopic (exact) mass is 286 g/mol. The Bertz CT molecular complexity index is 705. The average molecular weight is 286 g/mol. The highest BCUT2D eigenvalue weighted by Gasteiger charge is 2.33. The van der Waals surface area contributed by atoms with E-state index in [1.165, 1.54) is 24.4 Å². The van der Waals surface area contributed by atoms with E-state index in [1.807, 2.05) is 0 Å². The van der Waals surface area contributed by atoms with Gasteiger partial charge in [0.1, 0.15) is 11.4 Å². The van der Waals surface area contributed by atoms with Crippen LogP contribution in [0.5, 0.6) is 0 Å². The van der Waals surface area contributed by atoms with Crippen LogP contribution in [-0.4, -0.2) is 21.8 Å². The average Bonchev–Trinajstić information content (AvgIpc) is 3.31. The Balaban J connectivity index is 1.85. The fourth-order valence-electron chi connectivity index (χ4n) is 2.28. The Hall–Kier alpha value is -2.43. The second-order valence-corrected chi connectivity index (χ2v) is 5.20. The number of benzene rings is 1. The number of hydrogen-bond donors (Lipinski definition) is 1. The number of carbonyl (C=O) groups is 1. The lowest BCUT2D eigenvalue weighted by molar-refractivity contribution is 0.0728. The van der Waals surface area contributed by atoms with Gasteiger partial charge in [-0.1, -0.05) is 12.1 Å². The summed E-state index contributed by atoms with van der Waals surface area (Å²) in [5, 5.41) is 0. The fourth-order valence-corrected chi connectivity index (χ4v) is 2.28. The summed E-state index contributed by atoms with van der Waals surface area (Å²) in [4.78, 5) is 28.5. The molecule has 21 heavy (non-hydrogen) atoms. The van der Waals surface area contributed by atoms with Crippen molar-refractivity contribution in [3.05, 3.63) is 69.9 Å². The van der Waals surface area contributed by atoms with Crippen molar-refractivity contribution in [2.45, 2.75) is 25.4 Å². The third-order valence-corrected chi connectivity index (χ3v) is 3.56. The maximum absolute atomic E-state index is 12.9. The molecule has 5 heteroatoms. The van der Waals surface area contributed by atoms with Gasteiger partial charge in [0.25, 0.3) is 11.5 Å². The lowest BCUT2D eigenvalue weighted by atomic mass is 10.1. The molecule has 3 rings (SSSR count). The third kappa shape index (κ3) is 3.02. The molecule has 0 saturated heterocycles. The smallest absolute Gasteiger partial charge is 0.260 e. The van der Waals surface area contributed by atoms with Crippen LogP contribution >= 0.6 is 0 Å². The molecular formula is C16H15FN2O2. The van der Waals surface area contributed by atoms with Crippen LogP contribution in [0.3, 0.4) is 0 Å². The molecular weight excluding hydrogens is 271 g/mol. The van der Waals surface area contributed by atoms with Crippen LogP contribution in [0.15, 0.2) is 47.4 Å². The fraction of sp³-hybridized carbons (Fsp3) is 0.250. The third-order valence-electron chi connectivity index (χ3n) is 3.56. The molecule has 0 unspecified atom stereocenters. The second-order valence-electron chi connectivity index (χ2n) is 5.20. The molecule has 1 fully saturated rings. The molecule has 1 amide bonds. The SMILES string of the molecule is O=C(c1ccc[nH]c1=O)N(Cc1ccc(F)cc1)C1CC1. The van der Waals surface area contributed by atoms with Crippen molar-refractivity contribution in [2.24, 2.45) is 0 Å². The zero-order valence-electron chi connectivity index (χ0n) is 11.4. The van der Waals surface area contributed by atoms with Crippen LogP contribution in [0.4, 0.5) is 4.39 Å². The van der Waals surface area contributed by atoms with Gasteiger partial charge in [0.2, 0.25) is 0 Å². The van der Waals surface area contributed by atoms with Crippen LogP contribution in [0.1, 0.15) is 28.8 Å². The minimum absolute atomic E-state index is 0.145. The summed E-state index contributed by atoms with van der Waals surface area (Å²) in [6.45, 7) is 0.387. The predicted octanol–water partition coefficient (Wildman–Crippen LogP) is 2.32. The summed E-state index contributed by atoms with van der Waals surface area (Å²) in [7, 11) is 0. The van der Waals surface area contributed by atoms with Crippen molar-refractivity contribution in [1.82, 2.24) is 9.88 Å². The van der Waals surface area contributed by atoms with Gasteiger partial charge in [-0.3, -0.25) is 9.59 Å². The van der Waals surface area contributed by atoms with E-state index >= 15 is 0 Å². The van der Waals surface area contributed by atoms with Gasteiger partial charge in [-0.05, 0) is 42.7 Å². The van der Waals surface area contributed by atoms with E-state index in [-0.39, 0.29) is 28.9 Å². The normalized spacial score (nSPS) is 14.0. The number of aromatic nitrogens is 1. The summed E-state index contributed by atoms with van der Waals surface area (Å²) in [5.74, 6) is -0.578. The van der Waals surface area contributed by atoms with Gasteiger partial charge in [-0.15, -0.1) is 0 Å². The van der Waals surface area contributed by atoms with E-state index in [0.29, 0.717) is 6.54 Å². The number of amides is 1.